The van der Waals surface area contributed by atoms with Gasteiger partial charge in [-0.25, -0.2) is 0 Å². The standard InChI is InChI=1S/C17H27N3O/c1-14(2)19-17(3,13-18)10-7-11-20(4)15-8-6-9-16(12-15)21-5/h6,8-9,12,14,19H,7,10-11H2,1-5H3. The summed E-state index contributed by atoms with van der Waals surface area (Å²) in [6, 6.07) is 10.7. The number of ether oxygens (including phenoxy) is 1. The Morgan fingerprint density at radius 2 is 2.14 bits per heavy atom. The zero-order valence-corrected chi connectivity index (χ0v) is 13.8. The molecule has 4 nitrogen and oxygen atoms in total. The van der Waals surface area contributed by atoms with E-state index in [-0.39, 0.29) is 0 Å². The Labute approximate surface area is 128 Å². The van der Waals surface area contributed by atoms with E-state index in [1.54, 1.807) is 7.11 Å². The molecule has 1 aromatic rings. The van der Waals surface area contributed by atoms with Gasteiger partial charge in [0.15, 0.2) is 0 Å². The fraction of sp³-hybridized carbons (Fsp3) is 0.588. The van der Waals surface area contributed by atoms with Gasteiger partial charge in [-0.1, -0.05) is 6.07 Å². The summed E-state index contributed by atoms with van der Waals surface area (Å²) in [4.78, 5) is 2.19. The fourth-order valence-electron chi connectivity index (χ4n) is 2.44. The first kappa shape index (κ1) is 17.3. The van der Waals surface area contributed by atoms with Gasteiger partial charge in [-0.3, -0.25) is 5.32 Å². The highest BCUT2D eigenvalue weighted by Crippen LogP contribution is 2.21. The van der Waals surface area contributed by atoms with Crippen molar-refractivity contribution in [3.8, 4) is 11.8 Å². The highest BCUT2D eigenvalue weighted by atomic mass is 16.5. The molecule has 0 aliphatic heterocycles. The predicted octanol–water partition coefficient (Wildman–Crippen LogP) is 3.19. The summed E-state index contributed by atoms with van der Waals surface area (Å²) in [6.07, 6.45) is 1.79. The van der Waals surface area contributed by atoms with Crippen molar-refractivity contribution in [2.45, 2.75) is 45.2 Å². The van der Waals surface area contributed by atoms with Gasteiger partial charge in [0.25, 0.3) is 0 Å². The molecule has 21 heavy (non-hydrogen) atoms. The Morgan fingerprint density at radius 1 is 1.43 bits per heavy atom. The Hall–Kier alpha value is -1.73. The lowest BCUT2D eigenvalue weighted by Crippen LogP contribution is -2.45. The van der Waals surface area contributed by atoms with Gasteiger partial charge in [0.1, 0.15) is 11.3 Å². The lowest BCUT2D eigenvalue weighted by Gasteiger charge is -2.27. The fourth-order valence-corrected chi connectivity index (χ4v) is 2.44. The summed E-state index contributed by atoms with van der Waals surface area (Å²) in [6.45, 7) is 7.01. The first-order valence-corrected chi connectivity index (χ1v) is 7.44. The van der Waals surface area contributed by atoms with Crippen LogP contribution in [-0.2, 0) is 0 Å². The molecule has 0 bridgehead atoms. The summed E-state index contributed by atoms with van der Waals surface area (Å²) >= 11 is 0. The number of anilines is 1. The van der Waals surface area contributed by atoms with Crippen LogP contribution >= 0.6 is 0 Å². The molecule has 0 saturated carbocycles. The lowest BCUT2D eigenvalue weighted by molar-refractivity contribution is 0.374. The smallest absolute Gasteiger partial charge is 0.120 e. The number of benzene rings is 1. The summed E-state index contributed by atoms with van der Waals surface area (Å²) in [5, 5.41) is 12.7. The molecule has 0 heterocycles. The van der Waals surface area contributed by atoms with Crippen LogP contribution in [0.1, 0.15) is 33.6 Å². The van der Waals surface area contributed by atoms with Crippen LogP contribution in [0.4, 0.5) is 5.69 Å². The maximum absolute atomic E-state index is 9.34. The molecule has 1 N–H and O–H groups in total. The van der Waals surface area contributed by atoms with Crippen LogP contribution in [0.3, 0.4) is 0 Å². The quantitative estimate of drug-likeness (QED) is 0.798. The molecular formula is C17H27N3O. The van der Waals surface area contributed by atoms with Gasteiger partial charge in [0.2, 0.25) is 0 Å². The molecular weight excluding hydrogens is 262 g/mol. The van der Waals surface area contributed by atoms with Crippen LogP contribution in [-0.4, -0.2) is 32.3 Å². The molecule has 1 aromatic carbocycles. The Kier molecular flexibility index (Phi) is 6.51. The van der Waals surface area contributed by atoms with Crippen molar-refractivity contribution in [2.75, 3.05) is 25.6 Å². The van der Waals surface area contributed by atoms with Crippen LogP contribution in [0, 0.1) is 11.3 Å². The summed E-state index contributed by atoms with van der Waals surface area (Å²) in [5.41, 5.74) is 0.674. The Bertz CT molecular complexity index is 481. The second kappa shape index (κ2) is 7.90. The number of hydrogen-bond acceptors (Lipinski definition) is 4. The highest BCUT2D eigenvalue weighted by Gasteiger charge is 2.23. The largest absolute Gasteiger partial charge is 0.497 e. The van der Waals surface area contributed by atoms with Crippen LogP contribution < -0.4 is 15.0 Å². The Balaban J connectivity index is 2.52. The van der Waals surface area contributed by atoms with Crippen molar-refractivity contribution in [2.24, 2.45) is 0 Å². The van der Waals surface area contributed by atoms with Gasteiger partial charge in [-0.15, -0.1) is 0 Å². The van der Waals surface area contributed by atoms with Crippen molar-refractivity contribution >= 4 is 5.69 Å². The summed E-state index contributed by atoms with van der Waals surface area (Å²) in [7, 11) is 3.74. The minimum absolute atomic E-state index is 0.311. The normalized spacial score (nSPS) is 13.6. The van der Waals surface area contributed by atoms with Crippen LogP contribution in [0.5, 0.6) is 5.75 Å². The molecule has 1 atom stereocenters. The van der Waals surface area contributed by atoms with E-state index in [1.807, 2.05) is 25.1 Å². The van der Waals surface area contributed by atoms with E-state index < -0.39 is 5.54 Å². The average Bonchev–Trinajstić information content (AvgIpc) is 2.46. The number of nitrogens with one attached hydrogen (secondary N) is 1. The van der Waals surface area contributed by atoms with Crippen molar-refractivity contribution in [1.82, 2.24) is 5.32 Å². The van der Waals surface area contributed by atoms with Crippen molar-refractivity contribution in [3.05, 3.63) is 24.3 Å². The van der Waals surface area contributed by atoms with Crippen molar-refractivity contribution < 1.29 is 4.74 Å². The van der Waals surface area contributed by atoms with Gasteiger partial charge in [-0.05, 0) is 45.7 Å². The third-order valence-electron chi connectivity index (χ3n) is 3.52. The highest BCUT2D eigenvalue weighted by molar-refractivity contribution is 5.49. The second-order valence-corrected chi connectivity index (χ2v) is 5.97. The third-order valence-corrected chi connectivity index (χ3v) is 3.52. The SMILES string of the molecule is COc1cccc(N(C)CCCC(C)(C#N)NC(C)C)c1. The minimum Gasteiger partial charge on any atom is -0.497 e. The van der Waals surface area contributed by atoms with Gasteiger partial charge in [0.05, 0.1) is 13.2 Å². The average molecular weight is 289 g/mol. The molecule has 0 aliphatic carbocycles. The van der Waals surface area contributed by atoms with Crippen molar-refractivity contribution in [3.63, 3.8) is 0 Å². The molecule has 0 saturated heterocycles. The molecule has 0 aliphatic rings. The van der Waals surface area contributed by atoms with Gasteiger partial charge < -0.3 is 9.64 Å². The van der Waals surface area contributed by atoms with E-state index >= 15 is 0 Å². The Morgan fingerprint density at radius 3 is 2.71 bits per heavy atom. The van der Waals surface area contributed by atoms with E-state index in [1.165, 1.54) is 0 Å². The number of hydrogen-bond donors (Lipinski definition) is 1. The summed E-state index contributed by atoms with van der Waals surface area (Å²) < 4.78 is 5.25. The molecule has 0 fully saturated rings. The number of methoxy groups -OCH3 is 1. The van der Waals surface area contributed by atoms with Crippen LogP contribution in [0.15, 0.2) is 24.3 Å². The van der Waals surface area contributed by atoms with Crippen LogP contribution in [0.2, 0.25) is 0 Å². The van der Waals surface area contributed by atoms with Crippen molar-refractivity contribution in [1.29, 1.82) is 5.26 Å². The van der Waals surface area contributed by atoms with E-state index in [2.05, 4.69) is 43.2 Å². The number of nitrogens with zero attached hydrogens (tertiary/aromatic N) is 2. The predicted molar refractivity (Wildman–Crippen MR) is 87.8 cm³/mol. The first-order valence-electron chi connectivity index (χ1n) is 7.44. The molecule has 0 radical (unpaired) electrons. The molecule has 0 amide bonds. The summed E-state index contributed by atoms with van der Waals surface area (Å²) in [5.74, 6) is 0.864. The molecule has 1 unspecified atom stereocenters. The van der Waals surface area contributed by atoms with E-state index in [9.17, 15) is 5.26 Å². The molecule has 116 valence electrons. The molecule has 1 rings (SSSR count). The maximum Gasteiger partial charge on any atom is 0.120 e. The van der Waals surface area contributed by atoms with Crippen LogP contribution in [0.25, 0.3) is 0 Å². The van der Waals surface area contributed by atoms with E-state index in [0.717, 1.165) is 30.8 Å². The molecule has 0 aromatic heterocycles. The molecule has 0 spiro atoms. The topological polar surface area (TPSA) is 48.3 Å². The number of nitriles is 1. The minimum atomic E-state index is -0.455. The van der Waals surface area contributed by atoms with Gasteiger partial charge >= 0.3 is 0 Å². The van der Waals surface area contributed by atoms with E-state index in [4.69, 9.17) is 4.74 Å². The van der Waals surface area contributed by atoms with E-state index in [0.29, 0.717) is 6.04 Å². The van der Waals surface area contributed by atoms with Gasteiger partial charge in [0, 0.05) is 31.4 Å². The number of rotatable bonds is 8. The monoisotopic (exact) mass is 289 g/mol. The zero-order chi connectivity index (χ0) is 15.9. The third kappa shape index (κ3) is 5.65. The van der Waals surface area contributed by atoms with Gasteiger partial charge in [-0.2, -0.15) is 5.26 Å². The maximum atomic E-state index is 9.34. The second-order valence-electron chi connectivity index (χ2n) is 5.97. The molecule has 4 heteroatoms. The first-order chi connectivity index (χ1) is 9.90. The lowest BCUT2D eigenvalue weighted by atomic mass is 9.96. The zero-order valence-electron chi connectivity index (χ0n) is 13.8.